The Morgan fingerprint density at radius 3 is 2.72 bits per heavy atom. The summed E-state index contributed by atoms with van der Waals surface area (Å²) >= 11 is 6.09. The van der Waals surface area contributed by atoms with Gasteiger partial charge in [0.25, 0.3) is 0 Å². The van der Waals surface area contributed by atoms with Crippen LogP contribution in [0.2, 0.25) is 5.02 Å². The number of aryl methyl sites for hydroxylation is 1. The van der Waals surface area contributed by atoms with Crippen LogP contribution < -0.4 is 5.32 Å². The molecule has 0 aliphatic heterocycles. The zero-order chi connectivity index (χ0) is 20.5. The normalized spacial score (nSPS) is 11.0. The Hall–Kier alpha value is -1.88. The summed E-state index contributed by atoms with van der Waals surface area (Å²) in [5, 5.41) is 12.1. The van der Waals surface area contributed by atoms with Crippen LogP contribution in [0.1, 0.15) is 18.3 Å². The third-order valence-corrected chi connectivity index (χ3v) is 4.42. The molecule has 1 amide bonds. The molecule has 0 aliphatic rings. The molecule has 0 atom stereocenters. The van der Waals surface area contributed by atoms with Crippen LogP contribution in [-0.2, 0) is 24.3 Å². The molecule has 0 spiro atoms. The minimum Gasteiger partial charge on any atom is -0.354 e. The lowest BCUT2D eigenvalue weighted by Crippen LogP contribution is -2.41. The molecule has 160 valence electrons. The van der Waals surface area contributed by atoms with E-state index in [1.54, 1.807) is 20.4 Å². The number of aromatic nitrogens is 3. The van der Waals surface area contributed by atoms with Gasteiger partial charge in [-0.05, 0) is 17.7 Å². The van der Waals surface area contributed by atoms with Gasteiger partial charge in [0.1, 0.15) is 18.7 Å². The van der Waals surface area contributed by atoms with Crippen LogP contribution in [0.5, 0.6) is 0 Å². The van der Waals surface area contributed by atoms with E-state index in [2.05, 4.69) is 20.5 Å². The van der Waals surface area contributed by atoms with Crippen LogP contribution in [-0.4, -0.2) is 70.7 Å². The maximum atomic E-state index is 12.0. The predicted octanol–water partition coefficient (Wildman–Crippen LogP) is 2.28. The lowest BCUT2D eigenvalue weighted by molar-refractivity contribution is -0.127. The molecular formula is C19H29ClIN7O. The van der Waals surface area contributed by atoms with Gasteiger partial charge in [-0.2, -0.15) is 0 Å². The molecule has 0 fully saturated rings. The molecule has 29 heavy (non-hydrogen) atoms. The van der Waals surface area contributed by atoms with Crippen LogP contribution in [0, 0.1) is 0 Å². The maximum Gasteiger partial charge on any atom is 0.243 e. The summed E-state index contributed by atoms with van der Waals surface area (Å²) in [5.74, 6) is 1.54. The Morgan fingerprint density at radius 2 is 2.07 bits per heavy atom. The van der Waals surface area contributed by atoms with Crippen molar-refractivity contribution in [2.24, 2.45) is 4.99 Å². The number of aliphatic imine (C=N–C) groups is 1. The van der Waals surface area contributed by atoms with Gasteiger partial charge in [0.15, 0.2) is 5.96 Å². The lowest BCUT2D eigenvalue weighted by atomic mass is 10.2. The van der Waals surface area contributed by atoms with E-state index in [-0.39, 0.29) is 36.4 Å². The zero-order valence-corrected chi connectivity index (χ0v) is 20.4. The first-order valence-electron chi connectivity index (χ1n) is 9.21. The van der Waals surface area contributed by atoms with Crippen molar-refractivity contribution < 1.29 is 4.79 Å². The Morgan fingerprint density at radius 1 is 1.31 bits per heavy atom. The molecule has 1 N–H and O–H groups in total. The number of likely N-dealkylation sites (N-methyl/N-ethyl adjacent to an activating group) is 1. The second kappa shape index (κ2) is 12.6. The highest BCUT2D eigenvalue weighted by Crippen LogP contribution is 2.12. The summed E-state index contributed by atoms with van der Waals surface area (Å²) in [6, 6.07) is 7.70. The maximum absolute atomic E-state index is 12.0. The molecule has 2 rings (SSSR count). The summed E-state index contributed by atoms with van der Waals surface area (Å²) in [6.07, 6.45) is 2.55. The Bertz CT molecular complexity index is 809. The fourth-order valence-corrected chi connectivity index (χ4v) is 2.82. The minimum absolute atomic E-state index is 0. The fraction of sp³-hybridized carbons (Fsp3) is 0.474. The number of hydrogen-bond acceptors (Lipinski definition) is 4. The summed E-state index contributed by atoms with van der Waals surface area (Å²) in [7, 11) is 5.38. The Balaban J connectivity index is 0.00000420. The monoisotopic (exact) mass is 533 g/mol. The van der Waals surface area contributed by atoms with Crippen molar-refractivity contribution in [3.8, 4) is 0 Å². The van der Waals surface area contributed by atoms with E-state index in [4.69, 9.17) is 11.6 Å². The average molecular weight is 534 g/mol. The van der Waals surface area contributed by atoms with Gasteiger partial charge in [-0.1, -0.05) is 30.7 Å². The Kier molecular flexibility index (Phi) is 11.0. The first-order valence-corrected chi connectivity index (χ1v) is 9.59. The Labute approximate surface area is 194 Å². The first-order chi connectivity index (χ1) is 13.4. The van der Waals surface area contributed by atoms with Crippen LogP contribution in [0.4, 0.5) is 0 Å². The second-order valence-corrected chi connectivity index (χ2v) is 7.07. The van der Waals surface area contributed by atoms with Gasteiger partial charge in [-0.25, -0.2) is 4.99 Å². The number of benzene rings is 1. The number of carbonyl (C=O) groups is 1. The van der Waals surface area contributed by atoms with E-state index < -0.39 is 0 Å². The molecule has 10 heteroatoms. The molecule has 1 heterocycles. The summed E-state index contributed by atoms with van der Waals surface area (Å²) in [4.78, 5) is 19.9. The van der Waals surface area contributed by atoms with E-state index in [9.17, 15) is 4.79 Å². The number of hydrogen-bond donors (Lipinski definition) is 1. The van der Waals surface area contributed by atoms with Gasteiger partial charge in [0.05, 0.1) is 0 Å². The van der Waals surface area contributed by atoms with Crippen molar-refractivity contribution in [3.05, 3.63) is 47.0 Å². The van der Waals surface area contributed by atoms with Gasteiger partial charge in [0, 0.05) is 52.2 Å². The van der Waals surface area contributed by atoms with Crippen molar-refractivity contribution in [1.29, 1.82) is 0 Å². The van der Waals surface area contributed by atoms with Crippen LogP contribution in [0.25, 0.3) is 0 Å². The lowest BCUT2D eigenvalue weighted by Gasteiger charge is -2.23. The number of carbonyl (C=O) groups excluding carboxylic acids is 1. The molecule has 8 nitrogen and oxygen atoms in total. The van der Waals surface area contributed by atoms with Gasteiger partial charge >= 0.3 is 0 Å². The molecule has 0 bridgehead atoms. The quantitative estimate of drug-likeness (QED) is 0.320. The molecule has 1 aromatic carbocycles. The van der Waals surface area contributed by atoms with Crippen LogP contribution in [0.15, 0.2) is 35.6 Å². The highest BCUT2D eigenvalue weighted by Gasteiger charge is 2.10. The minimum atomic E-state index is -0.0532. The standard InChI is InChI=1S/C19H28ClN7O.HI/c1-5-17-24-23-14-27(17)10-9-21-19(22-12-18(28)25(2)3)26(4)13-15-7-6-8-16(20)11-15;/h6-8,11,14H,5,9-10,12-13H2,1-4H3,(H,21,22);1H. The van der Waals surface area contributed by atoms with E-state index in [1.807, 2.05) is 47.7 Å². The number of rotatable bonds is 8. The largest absolute Gasteiger partial charge is 0.354 e. The van der Waals surface area contributed by atoms with E-state index in [1.165, 1.54) is 4.90 Å². The van der Waals surface area contributed by atoms with E-state index in [0.717, 1.165) is 17.8 Å². The van der Waals surface area contributed by atoms with Crippen molar-refractivity contribution in [2.75, 3.05) is 34.2 Å². The van der Waals surface area contributed by atoms with Gasteiger partial charge in [-0.3, -0.25) is 4.79 Å². The number of nitrogens with zero attached hydrogens (tertiary/aromatic N) is 6. The third-order valence-electron chi connectivity index (χ3n) is 4.18. The SMILES string of the molecule is CCc1nncn1CCNC(=NCC(=O)N(C)C)N(C)Cc1cccc(Cl)c1.I. The van der Waals surface area contributed by atoms with Crippen molar-refractivity contribution >= 4 is 47.4 Å². The van der Waals surface area contributed by atoms with Crippen LogP contribution in [0.3, 0.4) is 0 Å². The molecule has 0 saturated heterocycles. The van der Waals surface area contributed by atoms with Crippen molar-refractivity contribution in [1.82, 2.24) is 29.9 Å². The highest BCUT2D eigenvalue weighted by molar-refractivity contribution is 14.0. The number of amides is 1. The zero-order valence-electron chi connectivity index (χ0n) is 17.3. The fourth-order valence-electron chi connectivity index (χ4n) is 2.61. The topological polar surface area (TPSA) is 78.6 Å². The first kappa shape index (κ1) is 25.2. The van der Waals surface area contributed by atoms with E-state index >= 15 is 0 Å². The molecule has 1 aromatic heterocycles. The van der Waals surface area contributed by atoms with Gasteiger partial charge in [0.2, 0.25) is 5.91 Å². The molecule has 0 aliphatic carbocycles. The van der Waals surface area contributed by atoms with Crippen molar-refractivity contribution in [3.63, 3.8) is 0 Å². The molecule has 2 aromatic rings. The summed E-state index contributed by atoms with van der Waals surface area (Å²) in [5.41, 5.74) is 1.07. The van der Waals surface area contributed by atoms with Crippen LogP contribution >= 0.6 is 35.6 Å². The summed E-state index contributed by atoms with van der Waals surface area (Å²) in [6.45, 7) is 4.10. The van der Waals surface area contributed by atoms with E-state index in [0.29, 0.717) is 30.6 Å². The smallest absolute Gasteiger partial charge is 0.243 e. The predicted molar refractivity (Wildman–Crippen MR) is 127 cm³/mol. The summed E-state index contributed by atoms with van der Waals surface area (Å²) < 4.78 is 2.01. The molecular weight excluding hydrogens is 505 g/mol. The number of nitrogens with one attached hydrogen (secondary N) is 1. The third kappa shape index (κ3) is 8.17. The van der Waals surface area contributed by atoms with Gasteiger partial charge < -0.3 is 19.7 Å². The second-order valence-electron chi connectivity index (χ2n) is 6.63. The average Bonchev–Trinajstić information content (AvgIpc) is 3.11. The highest BCUT2D eigenvalue weighted by atomic mass is 127. The molecule has 0 radical (unpaired) electrons. The van der Waals surface area contributed by atoms with Crippen molar-refractivity contribution in [2.45, 2.75) is 26.4 Å². The number of halogens is 2. The number of guanidine groups is 1. The molecule has 0 saturated carbocycles. The molecule has 0 unspecified atom stereocenters. The van der Waals surface area contributed by atoms with Gasteiger partial charge in [-0.15, -0.1) is 34.2 Å².